The van der Waals surface area contributed by atoms with Gasteiger partial charge in [-0.25, -0.2) is 9.97 Å². The Morgan fingerprint density at radius 1 is 1.08 bits per heavy atom. The molecule has 0 bridgehead atoms. The molecule has 1 aromatic heterocycles. The zero-order valence-electron chi connectivity index (χ0n) is 15.7. The molecule has 0 spiro atoms. The molecule has 1 saturated carbocycles. The molecule has 0 amide bonds. The first-order valence-electron chi connectivity index (χ1n) is 9.96. The first-order chi connectivity index (χ1) is 11.7. The van der Waals surface area contributed by atoms with E-state index in [9.17, 15) is 0 Å². The van der Waals surface area contributed by atoms with Crippen molar-refractivity contribution >= 4 is 0 Å². The largest absolute Gasteiger partial charge is 0.296 e. The maximum atomic E-state index is 4.70. The third-order valence-electron chi connectivity index (χ3n) is 5.85. The summed E-state index contributed by atoms with van der Waals surface area (Å²) in [6.07, 6.45) is 12.0. The van der Waals surface area contributed by atoms with Crippen molar-refractivity contribution in [2.45, 2.75) is 83.8 Å². The van der Waals surface area contributed by atoms with Crippen LogP contribution in [0.25, 0.3) is 0 Å². The van der Waals surface area contributed by atoms with E-state index in [0.717, 1.165) is 18.9 Å². The minimum atomic E-state index is 0.604. The van der Waals surface area contributed by atoms with Crippen LogP contribution in [0.5, 0.6) is 0 Å². The molecule has 3 rings (SSSR count). The molecule has 1 aliphatic heterocycles. The highest BCUT2D eigenvalue weighted by atomic mass is 15.3. The first-order valence-corrected chi connectivity index (χ1v) is 9.96. The zero-order chi connectivity index (χ0) is 16.9. The van der Waals surface area contributed by atoms with E-state index in [2.05, 4.69) is 43.0 Å². The highest BCUT2D eigenvalue weighted by Gasteiger charge is 2.27. The summed E-state index contributed by atoms with van der Waals surface area (Å²) in [5.41, 5.74) is 1.27. The van der Waals surface area contributed by atoms with E-state index in [1.165, 1.54) is 57.2 Å². The van der Waals surface area contributed by atoms with Crippen molar-refractivity contribution in [3.05, 3.63) is 23.8 Å². The van der Waals surface area contributed by atoms with Crippen LogP contribution in [0.3, 0.4) is 0 Å². The normalized spacial score (nSPS) is 24.6. The molecule has 0 radical (unpaired) electrons. The van der Waals surface area contributed by atoms with Crippen LogP contribution < -0.4 is 0 Å². The lowest BCUT2D eigenvalue weighted by Gasteiger charge is -2.43. The standard InChI is InChI=1S/C20H34N4/c1-4-19-15-23(10-11-24(19)16(2)3)14-17-12-21-20(22-13-17)18-8-6-5-7-9-18/h12-13,16,18-19H,4-11,14-15H2,1-3H3. The van der Waals surface area contributed by atoms with Crippen LogP contribution in [-0.4, -0.2) is 51.5 Å². The summed E-state index contributed by atoms with van der Waals surface area (Å²) in [7, 11) is 0. The van der Waals surface area contributed by atoms with Crippen molar-refractivity contribution < 1.29 is 0 Å². The van der Waals surface area contributed by atoms with Gasteiger partial charge in [-0.05, 0) is 33.1 Å². The fourth-order valence-corrected chi connectivity index (χ4v) is 4.40. The van der Waals surface area contributed by atoms with Crippen molar-refractivity contribution in [2.24, 2.45) is 0 Å². The Morgan fingerprint density at radius 3 is 2.42 bits per heavy atom. The van der Waals surface area contributed by atoms with Gasteiger partial charge >= 0.3 is 0 Å². The molecule has 1 aliphatic carbocycles. The minimum Gasteiger partial charge on any atom is -0.296 e. The Balaban J connectivity index is 1.56. The van der Waals surface area contributed by atoms with E-state index in [1.54, 1.807) is 0 Å². The van der Waals surface area contributed by atoms with Gasteiger partial charge in [0, 0.05) is 62.1 Å². The summed E-state index contributed by atoms with van der Waals surface area (Å²) in [6, 6.07) is 1.33. The number of aromatic nitrogens is 2. The van der Waals surface area contributed by atoms with Crippen molar-refractivity contribution in [1.82, 2.24) is 19.8 Å². The van der Waals surface area contributed by atoms with Gasteiger partial charge < -0.3 is 0 Å². The van der Waals surface area contributed by atoms with Crippen LogP contribution in [0, 0.1) is 0 Å². The van der Waals surface area contributed by atoms with E-state index in [4.69, 9.17) is 9.97 Å². The third-order valence-corrected chi connectivity index (χ3v) is 5.85. The highest BCUT2D eigenvalue weighted by molar-refractivity contribution is 5.08. The Hall–Kier alpha value is -1.00. The summed E-state index contributed by atoms with van der Waals surface area (Å²) in [4.78, 5) is 14.6. The molecule has 1 atom stereocenters. The van der Waals surface area contributed by atoms with Gasteiger partial charge in [0.1, 0.15) is 5.82 Å². The van der Waals surface area contributed by atoms with Gasteiger partial charge in [-0.15, -0.1) is 0 Å². The molecule has 134 valence electrons. The van der Waals surface area contributed by atoms with Crippen LogP contribution in [-0.2, 0) is 6.54 Å². The fourth-order valence-electron chi connectivity index (χ4n) is 4.40. The SMILES string of the molecule is CCC1CN(Cc2cnc(C3CCCCC3)nc2)CCN1C(C)C. The summed E-state index contributed by atoms with van der Waals surface area (Å²) >= 11 is 0. The zero-order valence-corrected chi connectivity index (χ0v) is 15.7. The Morgan fingerprint density at radius 2 is 1.79 bits per heavy atom. The number of hydrogen-bond acceptors (Lipinski definition) is 4. The number of rotatable bonds is 5. The molecule has 1 aromatic rings. The van der Waals surface area contributed by atoms with Crippen LogP contribution in [0.4, 0.5) is 0 Å². The summed E-state index contributed by atoms with van der Waals surface area (Å²) in [5, 5.41) is 0. The van der Waals surface area contributed by atoms with Gasteiger partial charge in [0.15, 0.2) is 0 Å². The lowest BCUT2D eigenvalue weighted by Crippen LogP contribution is -2.54. The second-order valence-corrected chi connectivity index (χ2v) is 7.91. The van der Waals surface area contributed by atoms with E-state index in [-0.39, 0.29) is 0 Å². The average Bonchev–Trinajstić information content (AvgIpc) is 2.63. The fraction of sp³-hybridized carbons (Fsp3) is 0.800. The van der Waals surface area contributed by atoms with Gasteiger partial charge in [0.05, 0.1) is 0 Å². The molecule has 2 heterocycles. The Kier molecular flexibility index (Phi) is 6.23. The molecule has 2 fully saturated rings. The maximum Gasteiger partial charge on any atom is 0.131 e. The average molecular weight is 331 g/mol. The smallest absolute Gasteiger partial charge is 0.131 e. The molecule has 0 aromatic carbocycles. The Bertz CT molecular complexity index is 493. The highest BCUT2D eigenvalue weighted by Crippen LogP contribution is 2.30. The number of nitrogens with zero attached hydrogens (tertiary/aromatic N) is 4. The molecule has 2 aliphatic rings. The van der Waals surface area contributed by atoms with E-state index >= 15 is 0 Å². The van der Waals surface area contributed by atoms with Crippen molar-refractivity contribution in [2.75, 3.05) is 19.6 Å². The first kappa shape index (κ1) is 17.8. The summed E-state index contributed by atoms with van der Waals surface area (Å²) in [5.74, 6) is 1.68. The molecule has 1 saturated heterocycles. The maximum absolute atomic E-state index is 4.70. The second-order valence-electron chi connectivity index (χ2n) is 7.91. The molecule has 0 N–H and O–H groups in total. The lowest BCUT2D eigenvalue weighted by molar-refractivity contribution is 0.0456. The molecule has 4 heteroatoms. The van der Waals surface area contributed by atoms with Crippen molar-refractivity contribution in [3.8, 4) is 0 Å². The van der Waals surface area contributed by atoms with E-state index in [1.807, 2.05) is 0 Å². The summed E-state index contributed by atoms with van der Waals surface area (Å²) < 4.78 is 0. The molecular weight excluding hydrogens is 296 g/mol. The second kappa shape index (κ2) is 8.39. The molecule has 24 heavy (non-hydrogen) atoms. The Labute approximate surface area is 147 Å². The molecule has 1 unspecified atom stereocenters. The van der Waals surface area contributed by atoms with Gasteiger partial charge in [-0.2, -0.15) is 0 Å². The van der Waals surface area contributed by atoms with Crippen molar-refractivity contribution in [3.63, 3.8) is 0 Å². The van der Waals surface area contributed by atoms with E-state index < -0.39 is 0 Å². The predicted molar refractivity (Wildman–Crippen MR) is 99.1 cm³/mol. The minimum absolute atomic E-state index is 0.604. The molecule has 4 nitrogen and oxygen atoms in total. The van der Waals surface area contributed by atoms with Crippen LogP contribution in [0.1, 0.15) is 76.6 Å². The lowest BCUT2D eigenvalue weighted by atomic mass is 9.89. The summed E-state index contributed by atoms with van der Waals surface area (Å²) in [6.45, 7) is 11.4. The van der Waals surface area contributed by atoms with Crippen LogP contribution in [0.15, 0.2) is 12.4 Å². The van der Waals surface area contributed by atoms with Gasteiger partial charge in [0.25, 0.3) is 0 Å². The van der Waals surface area contributed by atoms with Crippen molar-refractivity contribution in [1.29, 1.82) is 0 Å². The van der Waals surface area contributed by atoms with Crippen LogP contribution in [0.2, 0.25) is 0 Å². The third kappa shape index (κ3) is 4.34. The van der Waals surface area contributed by atoms with E-state index in [0.29, 0.717) is 18.0 Å². The predicted octanol–water partition coefficient (Wildman–Crippen LogP) is 3.83. The number of hydrogen-bond donors (Lipinski definition) is 0. The van der Waals surface area contributed by atoms with Gasteiger partial charge in [-0.3, -0.25) is 9.80 Å². The van der Waals surface area contributed by atoms with Gasteiger partial charge in [0.2, 0.25) is 0 Å². The van der Waals surface area contributed by atoms with Gasteiger partial charge in [-0.1, -0.05) is 26.2 Å². The monoisotopic (exact) mass is 330 g/mol. The molecular formula is C20H34N4. The number of piperazine rings is 1. The van der Waals surface area contributed by atoms with Crippen LogP contribution >= 0.6 is 0 Å². The quantitative estimate of drug-likeness (QED) is 0.821. The topological polar surface area (TPSA) is 32.3 Å².